The number of ether oxygens (including phenoxy) is 1. The van der Waals surface area contributed by atoms with Crippen LogP contribution in [0.25, 0.3) is 11.3 Å². The van der Waals surface area contributed by atoms with Crippen LogP contribution in [0.2, 0.25) is 0 Å². The van der Waals surface area contributed by atoms with Crippen LogP contribution in [0.1, 0.15) is 16.7 Å². The van der Waals surface area contributed by atoms with Crippen molar-refractivity contribution in [3.05, 3.63) is 75.6 Å². The summed E-state index contributed by atoms with van der Waals surface area (Å²) in [5.41, 5.74) is 4.97. The second kappa shape index (κ2) is 8.08. The number of aryl methyl sites for hydroxylation is 3. The molecular formula is C22H23N3O3. The van der Waals surface area contributed by atoms with Crippen LogP contribution in [0.15, 0.2) is 53.3 Å². The van der Waals surface area contributed by atoms with Gasteiger partial charge in [0.15, 0.2) is 0 Å². The predicted molar refractivity (Wildman–Crippen MR) is 110 cm³/mol. The van der Waals surface area contributed by atoms with Gasteiger partial charge in [0.25, 0.3) is 5.56 Å². The maximum Gasteiger partial charge on any atom is 0.267 e. The Balaban J connectivity index is 1.86. The van der Waals surface area contributed by atoms with Crippen molar-refractivity contribution in [3.8, 4) is 17.0 Å². The van der Waals surface area contributed by atoms with Gasteiger partial charge in [0.05, 0.1) is 18.5 Å². The summed E-state index contributed by atoms with van der Waals surface area (Å²) in [5.74, 6) is 0.208. The van der Waals surface area contributed by atoms with Crippen molar-refractivity contribution in [2.45, 2.75) is 27.3 Å². The summed E-state index contributed by atoms with van der Waals surface area (Å²) in [6.45, 7) is 5.73. The highest BCUT2D eigenvalue weighted by Crippen LogP contribution is 2.25. The third-order valence-electron chi connectivity index (χ3n) is 4.46. The standard InChI is InChI=1S/C22H23N3O3/c1-14-5-7-16(3)17(11-14)18-8-10-22(27)25(24-18)13-21(26)23-19-12-15(2)6-9-20(19)28-4/h5-12H,13H2,1-4H3,(H,23,26). The molecular weight excluding hydrogens is 354 g/mol. The van der Waals surface area contributed by atoms with Gasteiger partial charge in [-0.2, -0.15) is 5.10 Å². The Morgan fingerprint density at radius 1 is 1.04 bits per heavy atom. The molecule has 0 saturated carbocycles. The van der Waals surface area contributed by atoms with Crippen molar-refractivity contribution in [3.63, 3.8) is 0 Å². The van der Waals surface area contributed by atoms with E-state index in [-0.39, 0.29) is 18.0 Å². The molecule has 3 aromatic rings. The normalized spacial score (nSPS) is 10.6. The number of amides is 1. The average Bonchev–Trinajstić information content (AvgIpc) is 2.66. The van der Waals surface area contributed by atoms with E-state index in [0.717, 1.165) is 22.3 Å². The van der Waals surface area contributed by atoms with Crippen molar-refractivity contribution in [2.24, 2.45) is 0 Å². The van der Waals surface area contributed by atoms with Gasteiger partial charge in [0.1, 0.15) is 12.3 Å². The maximum absolute atomic E-state index is 12.5. The highest BCUT2D eigenvalue weighted by molar-refractivity contribution is 5.92. The van der Waals surface area contributed by atoms with Crippen LogP contribution < -0.4 is 15.6 Å². The van der Waals surface area contributed by atoms with E-state index in [1.807, 2.05) is 51.1 Å². The number of carbonyl (C=O) groups is 1. The first-order chi connectivity index (χ1) is 13.4. The van der Waals surface area contributed by atoms with Gasteiger partial charge in [-0.1, -0.05) is 23.8 Å². The highest BCUT2D eigenvalue weighted by Gasteiger charge is 2.12. The van der Waals surface area contributed by atoms with E-state index in [4.69, 9.17) is 4.74 Å². The molecule has 1 heterocycles. The summed E-state index contributed by atoms with van der Waals surface area (Å²) >= 11 is 0. The molecule has 6 nitrogen and oxygen atoms in total. The number of nitrogens with one attached hydrogen (secondary N) is 1. The summed E-state index contributed by atoms with van der Waals surface area (Å²) in [4.78, 5) is 24.7. The van der Waals surface area contributed by atoms with Crippen molar-refractivity contribution in [1.29, 1.82) is 0 Å². The Morgan fingerprint density at radius 3 is 2.50 bits per heavy atom. The van der Waals surface area contributed by atoms with Gasteiger partial charge in [0, 0.05) is 11.6 Å². The van der Waals surface area contributed by atoms with Gasteiger partial charge in [0.2, 0.25) is 5.91 Å². The predicted octanol–water partition coefficient (Wildman–Crippen LogP) is 3.48. The summed E-state index contributed by atoms with van der Waals surface area (Å²) in [5, 5.41) is 7.19. The summed E-state index contributed by atoms with van der Waals surface area (Å²) in [6.07, 6.45) is 0. The molecule has 28 heavy (non-hydrogen) atoms. The van der Waals surface area contributed by atoms with Gasteiger partial charge in [-0.25, -0.2) is 4.68 Å². The number of benzene rings is 2. The average molecular weight is 377 g/mol. The molecule has 0 unspecified atom stereocenters. The Bertz CT molecular complexity index is 1090. The second-order valence-electron chi connectivity index (χ2n) is 6.78. The second-order valence-corrected chi connectivity index (χ2v) is 6.78. The zero-order valence-electron chi connectivity index (χ0n) is 16.4. The number of rotatable bonds is 5. The number of methoxy groups -OCH3 is 1. The molecule has 1 aromatic heterocycles. The smallest absolute Gasteiger partial charge is 0.267 e. The molecule has 1 N–H and O–H groups in total. The fourth-order valence-electron chi connectivity index (χ4n) is 2.96. The van der Waals surface area contributed by atoms with E-state index >= 15 is 0 Å². The number of nitrogens with zero attached hydrogens (tertiary/aromatic N) is 2. The quantitative estimate of drug-likeness (QED) is 0.739. The van der Waals surface area contributed by atoms with Gasteiger partial charge in [-0.3, -0.25) is 9.59 Å². The van der Waals surface area contributed by atoms with E-state index in [1.54, 1.807) is 19.2 Å². The lowest BCUT2D eigenvalue weighted by molar-refractivity contribution is -0.117. The molecule has 1 amide bonds. The van der Waals surface area contributed by atoms with Crippen LogP contribution >= 0.6 is 0 Å². The highest BCUT2D eigenvalue weighted by atomic mass is 16.5. The molecule has 0 bridgehead atoms. The number of aromatic nitrogens is 2. The molecule has 0 saturated heterocycles. The van der Waals surface area contributed by atoms with Gasteiger partial charge in [-0.05, 0) is 56.2 Å². The molecule has 0 aliphatic carbocycles. The largest absolute Gasteiger partial charge is 0.495 e. The van der Waals surface area contributed by atoms with Gasteiger partial charge >= 0.3 is 0 Å². The molecule has 6 heteroatoms. The monoisotopic (exact) mass is 377 g/mol. The summed E-state index contributed by atoms with van der Waals surface area (Å²) in [7, 11) is 1.54. The first-order valence-electron chi connectivity index (χ1n) is 8.97. The van der Waals surface area contributed by atoms with Crippen LogP contribution in [-0.4, -0.2) is 22.8 Å². The lowest BCUT2D eigenvalue weighted by Gasteiger charge is -2.12. The third-order valence-corrected chi connectivity index (χ3v) is 4.46. The molecule has 0 spiro atoms. The van der Waals surface area contributed by atoms with Crippen molar-refractivity contribution in [2.75, 3.05) is 12.4 Å². The minimum absolute atomic E-state index is 0.186. The topological polar surface area (TPSA) is 73.2 Å². The van der Waals surface area contributed by atoms with E-state index in [9.17, 15) is 9.59 Å². The number of hydrogen-bond donors (Lipinski definition) is 1. The van der Waals surface area contributed by atoms with E-state index < -0.39 is 0 Å². The van der Waals surface area contributed by atoms with Crippen LogP contribution in [0.5, 0.6) is 5.75 Å². The van der Waals surface area contributed by atoms with E-state index in [0.29, 0.717) is 17.1 Å². The Labute approximate surface area is 163 Å². The van der Waals surface area contributed by atoms with Crippen LogP contribution in [0, 0.1) is 20.8 Å². The van der Waals surface area contributed by atoms with Crippen LogP contribution in [-0.2, 0) is 11.3 Å². The molecule has 0 atom stereocenters. The summed E-state index contributed by atoms with van der Waals surface area (Å²) in [6, 6.07) is 14.7. The Morgan fingerprint density at radius 2 is 1.75 bits per heavy atom. The number of hydrogen-bond acceptors (Lipinski definition) is 4. The number of carbonyl (C=O) groups excluding carboxylic acids is 1. The lowest BCUT2D eigenvalue weighted by Crippen LogP contribution is -2.29. The van der Waals surface area contributed by atoms with E-state index in [1.165, 1.54) is 10.7 Å². The van der Waals surface area contributed by atoms with Crippen molar-refractivity contribution < 1.29 is 9.53 Å². The minimum Gasteiger partial charge on any atom is -0.495 e. The molecule has 3 rings (SSSR count). The lowest BCUT2D eigenvalue weighted by atomic mass is 10.0. The van der Waals surface area contributed by atoms with Crippen molar-refractivity contribution in [1.82, 2.24) is 9.78 Å². The Kier molecular flexibility index (Phi) is 5.59. The fraction of sp³-hybridized carbons (Fsp3) is 0.227. The fourth-order valence-corrected chi connectivity index (χ4v) is 2.96. The summed E-state index contributed by atoms with van der Waals surface area (Å²) < 4.78 is 6.45. The third kappa shape index (κ3) is 4.28. The zero-order valence-corrected chi connectivity index (χ0v) is 16.4. The molecule has 0 radical (unpaired) electrons. The first-order valence-corrected chi connectivity index (χ1v) is 8.97. The molecule has 144 valence electrons. The van der Waals surface area contributed by atoms with Gasteiger partial charge in [-0.15, -0.1) is 0 Å². The van der Waals surface area contributed by atoms with Crippen LogP contribution in [0.4, 0.5) is 5.69 Å². The molecule has 0 aliphatic rings. The van der Waals surface area contributed by atoms with E-state index in [2.05, 4.69) is 10.4 Å². The van der Waals surface area contributed by atoms with Crippen LogP contribution in [0.3, 0.4) is 0 Å². The Hall–Kier alpha value is -3.41. The SMILES string of the molecule is COc1ccc(C)cc1NC(=O)Cn1nc(-c2cc(C)ccc2C)ccc1=O. The molecule has 0 aliphatic heterocycles. The maximum atomic E-state index is 12.5. The first kappa shape index (κ1) is 19.4. The molecule has 0 fully saturated rings. The number of anilines is 1. The molecule has 2 aromatic carbocycles. The zero-order chi connectivity index (χ0) is 20.3. The minimum atomic E-state index is -0.350. The van der Waals surface area contributed by atoms with Gasteiger partial charge < -0.3 is 10.1 Å². The van der Waals surface area contributed by atoms with Crippen molar-refractivity contribution >= 4 is 11.6 Å².